The highest BCUT2D eigenvalue weighted by Crippen LogP contribution is 2.41. The quantitative estimate of drug-likeness (QED) is 0.726. The third kappa shape index (κ3) is 2.17. The van der Waals surface area contributed by atoms with Crippen molar-refractivity contribution in [3.63, 3.8) is 0 Å². The molecule has 1 aromatic carbocycles. The minimum absolute atomic E-state index is 0.0460. The molecule has 0 aliphatic carbocycles. The lowest BCUT2D eigenvalue weighted by Gasteiger charge is -2.21. The Kier molecular flexibility index (Phi) is 2.99. The van der Waals surface area contributed by atoms with Gasteiger partial charge in [-0.1, -0.05) is 0 Å². The lowest BCUT2D eigenvalue weighted by Crippen LogP contribution is -2.28. The zero-order valence-electron chi connectivity index (χ0n) is 10.6. The minimum Gasteiger partial charge on any atom is -0.339 e. The fraction of sp³-hybridized carbons (Fsp3) is 0.500. The van der Waals surface area contributed by atoms with Crippen LogP contribution in [0.4, 0.5) is 17.6 Å². The Morgan fingerprint density at radius 1 is 1.20 bits per heavy atom. The van der Waals surface area contributed by atoms with E-state index < -0.39 is 17.6 Å². The van der Waals surface area contributed by atoms with Gasteiger partial charge in [0.1, 0.15) is 5.82 Å². The average Bonchev–Trinajstić information content (AvgIpc) is 2.92. The number of carbonyl (C=O) groups is 1. The summed E-state index contributed by atoms with van der Waals surface area (Å²) < 4.78 is 51.7. The smallest absolute Gasteiger partial charge is 0.339 e. The molecule has 2 fully saturated rings. The summed E-state index contributed by atoms with van der Waals surface area (Å²) in [6.07, 6.45) is -2.77. The number of hydrogen-bond acceptors (Lipinski definition) is 1. The summed E-state index contributed by atoms with van der Waals surface area (Å²) in [4.78, 5) is 13.5. The maximum Gasteiger partial charge on any atom is 0.416 e. The number of rotatable bonds is 1. The summed E-state index contributed by atoms with van der Waals surface area (Å²) in [5.41, 5.74) is -0.712. The number of fused-ring (bicyclic) bond motifs is 1. The van der Waals surface area contributed by atoms with Crippen LogP contribution in [0.5, 0.6) is 0 Å². The van der Waals surface area contributed by atoms with Crippen molar-refractivity contribution in [1.29, 1.82) is 0 Å². The normalized spacial score (nSPS) is 26.2. The number of benzene rings is 1. The van der Waals surface area contributed by atoms with Crippen molar-refractivity contribution in [2.24, 2.45) is 0 Å². The molecule has 1 aromatic rings. The van der Waals surface area contributed by atoms with Gasteiger partial charge >= 0.3 is 6.18 Å². The summed E-state index contributed by atoms with van der Waals surface area (Å²) >= 11 is 0. The van der Waals surface area contributed by atoms with Gasteiger partial charge in [-0.3, -0.25) is 4.79 Å². The number of amides is 1. The third-order valence-corrected chi connectivity index (χ3v) is 4.15. The van der Waals surface area contributed by atoms with E-state index in [4.69, 9.17) is 0 Å². The lowest BCUT2D eigenvalue weighted by atomic mass is 9.89. The van der Waals surface area contributed by atoms with Gasteiger partial charge in [0.25, 0.3) is 0 Å². The molecule has 108 valence electrons. The molecule has 0 saturated carbocycles. The Labute approximate surface area is 113 Å². The Morgan fingerprint density at radius 3 is 2.65 bits per heavy atom. The van der Waals surface area contributed by atoms with Crippen LogP contribution in [0.3, 0.4) is 0 Å². The molecule has 0 aromatic heterocycles. The number of carbonyl (C=O) groups excluding carboxylic acids is 1. The van der Waals surface area contributed by atoms with Crippen molar-refractivity contribution < 1.29 is 22.4 Å². The van der Waals surface area contributed by atoms with E-state index in [-0.39, 0.29) is 29.9 Å². The molecule has 2 atom stereocenters. The highest BCUT2D eigenvalue weighted by atomic mass is 19.4. The molecular weight excluding hydrogens is 274 g/mol. The van der Waals surface area contributed by atoms with Gasteiger partial charge in [0.05, 0.1) is 5.56 Å². The largest absolute Gasteiger partial charge is 0.416 e. The van der Waals surface area contributed by atoms with Crippen LogP contribution in [-0.2, 0) is 11.0 Å². The molecule has 1 amide bonds. The Hall–Kier alpha value is -1.59. The van der Waals surface area contributed by atoms with E-state index >= 15 is 0 Å². The zero-order valence-corrected chi connectivity index (χ0v) is 10.6. The first-order chi connectivity index (χ1) is 9.36. The van der Waals surface area contributed by atoms with Crippen molar-refractivity contribution in [1.82, 2.24) is 4.90 Å². The molecule has 0 radical (unpaired) electrons. The van der Waals surface area contributed by atoms with Gasteiger partial charge in [0.2, 0.25) is 5.91 Å². The number of nitrogens with zero attached hydrogens (tertiary/aromatic N) is 1. The molecule has 2 nitrogen and oxygen atoms in total. The van der Waals surface area contributed by atoms with Crippen molar-refractivity contribution in [2.45, 2.75) is 37.4 Å². The summed E-state index contributed by atoms with van der Waals surface area (Å²) in [7, 11) is 0. The van der Waals surface area contributed by atoms with E-state index in [1.807, 2.05) is 0 Å². The van der Waals surface area contributed by atoms with Crippen LogP contribution in [-0.4, -0.2) is 23.4 Å². The van der Waals surface area contributed by atoms with Crippen molar-refractivity contribution >= 4 is 5.91 Å². The zero-order chi connectivity index (χ0) is 14.5. The maximum absolute atomic E-state index is 13.5. The topological polar surface area (TPSA) is 20.3 Å². The van der Waals surface area contributed by atoms with Gasteiger partial charge < -0.3 is 4.90 Å². The first-order valence-electron chi connectivity index (χ1n) is 6.53. The van der Waals surface area contributed by atoms with Crippen molar-refractivity contribution in [3.05, 3.63) is 35.1 Å². The van der Waals surface area contributed by atoms with E-state index in [1.54, 1.807) is 4.90 Å². The van der Waals surface area contributed by atoms with Gasteiger partial charge in [-0.2, -0.15) is 13.2 Å². The predicted molar refractivity (Wildman–Crippen MR) is 63.5 cm³/mol. The van der Waals surface area contributed by atoms with Gasteiger partial charge in [-0.25, -0.2) is 4.39 Å². The van der Waals surface area contributed by atoms with Gasteiger partial charge in [0.15, 0.2) is 0 Å². The van der Waals surface area contributed by atoms with Crippen LogP contribution in [0, 0.1) is 5.82 Å². The summed E-state index contributed by atoms with van der Waals surface area (Å²) in [5, 5.41) is 0. The van der Waals surface area contributed by atoms with Crippen LogP contribution in [0.2, 0.25) is 0 Å². The fourth-order valence-corrected chi connectivity index (χ4v) is 3.29. The fourth-order valence-electron chi connectivity index (χ4n) is 3.29. The van der Waals surface area contributed by atoms with Crippen LogP contribution in [0.15, 0.2) is 18.2 Å². The van der Waals surface area contributed by atoms with E-state index in [0.717, 1.165) is 25.0 Å². The molecular formula is C14H13F4NO. The molecule has 3 rings (SSSR count). The summed E-state index contributed by atoms with van der Waals surface area (Å²) in [6.45, 7) is 0.654. The standard InChI is InChI=1S/C14H13F4NO/c15-10-5-8(4-9(6-10)14(16,17)18)11-7-13(20)19-3-1-2-12(11)19/h4-6,11-12H,1-3,7H2. The minimum atomic E-state index is -4.57. The molecule has 2 aliphatic heterocycles. The second kappa shape index (κ2) is 4.46. The molecule has 2 heterocycles. The highest BCUT2D eigenvalue weighted by Gasteiger charge is 2.43. The van der Waals surface area contributed by atoms with E-state index in [2.05, 4.69) is 0 Å². The maximum atomic E-state index is 13.5. The Bertz CT molecular complexity index is 555. The first-order valence-corrected chi connectivity index (χ1v) is 6.53. The number of hydrogen-bond donors (Lipinski definition) is 0. The van der Waals surface area contributed by atoms with Crippen molar-refractivity contribution in [3.8, 4) is 0 Å². The molecule has 2 saturated heterocycles. The number of alkyl halides is 3. The summed E-state index contributed by atoms with van der Waals surface area (Å²) in [5.74, 6) is -1.28. The van der Waals surface area contributed by atoms with Gasteiger partial charge in [-0.15, -0.1) is 0 Å². The molecule has 0 bridgehead atoms. The molecule has 2 unspecified atom stereocenters. The van der Waals surface area contributed by atoms with E-state index in [9.17, 15) is 22.4 Å². The Morgan fingerprint density at radius 2 is 1.95 bits per heavy atom. The van der Waals surface area contributed by atoms with Crippen LogP contribution < -0.4 is 0 Å². The van der Waals surface area contributed by atoms with Crippen LogP contribution in [0.1, 0.15) is 36.3 Å². The Balaban J connectivity index is 1.98. The van der Waals surface area contributed by atoms with E-state index in [0.29, 0.717) is 12.6 Å². The molecule has 20 heavy (non-hydrogen) atoms. The third-order valence-electron chi connectivity index (χ3n) is 4.15. The second-order valence-corrected chi connectivity index (χ2v) is 5.38. The first kappa shape index (κ1) is 13.4. The van der Waals surface area contributed by atoms with Gasteiger partial charge in [0, 0.05) is 24.9 Å². The molecule has 2 aliphatic rings. The van der Waals surface area contributed by atoms with E-state index in [1.165, 1.54) is 0 Å². The monoisotopic (exact) mass is 287 g/mol. The van der Waals surface area contributed by atoms with Gasteiger partial charge in [-0.05, 0) is 36.6 Å². The molecule has 0 N–H and O–H groups in total. The molecule has 0 spiro atoms. The van der Waals surface area contributed by atoms with Crippen LogP contribution >= 0.6 is 0 Å². The lowest BCUT2D eigenvalue weighted by molar-refractivity contribution is -0.137. The predicted octanol–water partition coefficient (Wildman–Crippen LogP) is 3.32. The molecule has 6 heteroatoms. The number of halogens is 4. The summed E-state index contributed by atoms with van der Waals surface area (Å²) in [6, 6.07) is 2.51. The highest BCUT2D eigenvalue weighted by molar-refractivity contribution is 5.81. The van der Waals surface area contributed by atoms with Crippen molar-refractivity contribution in [2.75, 3.05) is 6.54 Å². The second-order valence-electron chi connectivity index (χ2n) is 5.38. The average molecular weight is 287 g/mol. The van der Waals surface area contributed by atoms with Crippen LogP contribution in [0.25, 0.3) is 0 Å². The SMILES string of the molecule is O=C1CC(c2cc(F)cc(C(F)(F)F)c2)C2CCCN12.